The molecule has 2 aliphatic rings. The van der Waals surface area contributed by atoms with Crippen LogP contribution in [0.3, 0.4) is 0 Å². The van der Waals surface area contributed by atoms with Gasteiger partial charge < -0.3 is 0 Å². The van der Waals surface area contributed by atoms with Gasteiger partial charge in [0.1, 0.15) is 0 Å². The van der Waals surface area contributed by atoms with Crippen LogP contribution in [0.1, 0.15) is 0 Å². The van der Waals surface area contributed by atoms with Gasteiger partial charge in [-0.25, -0.2) is 18.1 Å². The number of fused-ring (bicyclic) bond motifs is 6. The standard InChI is InChI=1S/C24H16O4P/c1-5-13-21-17(9-1)18-10-2-6-14-22(18)26-29(25-21)27-23-15-7-3-11-19(23)20-12-4-8-16-24(20)28-29/h1-16H/q+1. The van der Waals surface area contributed by atoms with Crippen molar-refractivity contribution in [3.63, 3.8) is 0 Å². The van der Waals surface area contributed by atoms with E-state index in [1.54, 1.807) is 0 Å². The quantitative estimate of drug-likeness (QED) is 0.300. The van der Waals surface area contributed by atoms with Gasteiger partial charge in [0, 0.05) is 22.3 Å². The molecule has 2 heterocycles. The Labute approximate surface area is 168 Å². The van der Waals surface area contributed by atoms with Gasteiger partial charge >= 0.3 is 8.17 Å². The van der Waals surface area contributed by atoms with Crippen molar-refractivity contribution in [1.29, 1.82) is 0 Å². The van der Waals surface area contributed by atoms with E-state index in [9.17, 15) is 0 Å². The summed E-state index contributed by atoms with van der Waals surface area (Å²) in [5, 5.41) is 0. The molecular weight excluding hydrogens is 383 g/mol. The molecule has 0 aliphatic carbocycles. The summed E-state index contributed by atoms with van der Waals surface area (Å²) >= 11 is 0. The van der Waals surface area contributed by atoms with Gasteiger partial charge in [-0.2, -0.15) is 0 Å². The van der Waals surface area contributed by atoms with Crippen LogP contribution in [0, 0.1) is 0 Å². The molecule has 0 saturated heterocycles. The first kappa shape index (κ1) is 16.5. The van der Waals surface area contributed by atoms with E-state index < -0.39 is 8.17 Å². The zero-order chi connectivity index (χ0) is 19.3. The van der Waals surface area contributed by atoms with Gasteiger partial charge in [0.25, 0.3) is 0 Å². The molecule has 0 fully saturated rings. The van der Waals surface area contributed by atoms with Crippen LogP contribution in [0.15, 0.2) is 97.1 Å². The summed E-state index contributed by atoms with van der Waals surface area (Å²) < 4.78 is 25.6. The van der Waals surface area contributed by atoms with Crippen molar-refractivity contribution >= 4 is 8.17 Å². The van der Waals surface area contributed by atoms with Gasteiger partial charge in [-0.1, -0.05) is 72.8 Å². The van der Waals surface area contributed by atoms with Crippen LogP contribution in [0.25, 0.3) is 22.3 Å². The Hall–Kier alpha value is -3.49. The van der Waals surface area contributed by atoms with E-state index >= 15 is 0 Å². The van der Waals surface area contributed by atoms with Gasteiger partial charge in [-0.3, -0.25) is 0 Å². The molecule has 4 nitrogen and oxygen atoms in total. The Balaban J connectivity index is 1.60. The predicted molar refractivity (Wildman–Crippen MR) is 113 cm³/mol. The van der Waals surface area contributed by atoms with Gasteiger partial charge in [-0.05, 0) is 24.3 Å². The highest BCUT2D eigenvalue weighted by atomic mass is 31.2. The lowest BCUT2D eigenvalue weighted by atomic mass is 10.0. The lowest BCUT2D eigenvalue weighted by Gasteiger charge is -2.17. The van der Waals surface area contributed by atoms with Crippen LogP contribution in [0.5, 0.6) is 23.0 Å². The van der Waals surface area contributed by atoms with Crippen LogP contribution >= 0.6 is 8.17 Å². The Bertz CT molecular complexity index is 1040. The minimum absolute atomic E-state index is 0.669. The largest absolute Gasteiger partial charge is 0.766 e. The van der Waals surface area contributed by atoms with E-state index in [2.05, 4.69) is 0 Å². The third kappa shape index (κ3) is 2.65. The van der Waals surface area contributed by atoms with Crippen LogP contribution in [0.4, 0.5) is 0 Å². The van der Waals surface area contributed by atoms with Gasteiger partial charge in [0.15, 0.2) is 23.0 Å². The van der Waals surface area contributed by atoms with Crippen molar-refractivity contribution in [3.8, 4) is 45.3 Å². The average molecular weight is 399 g/mol. The Kier molecular flexibility index (Phi) is 3.56. The van der Waals surface area contributed by atoms with Crippen molar-refractivity contribution < 1.29 is 18.1 Å². The minimum atomic E-state index is -3.30. The van der Waals surface area contributed by atoms with Crippen LogP contribution in [-0.4, -0.2) is 0 Å². The molecule has 4 aromatic carbocycles. The van der Waals surface area contributed by atoms with Crippen molar-refractivity contribution in [3.05, 3.63) is 97.1 Å². The molecule has 140 valence electrons. The molecule has 0 radical (unpaired) electrons. The third-order valence-corrected chi connectivity index (χ3v) is 6.65. The second-order valence-corrected chi connectivity index (χ2v) is 8.42. The lowest BCUT2D eigenvalue weighted by Crippen LogP contribution is -2.19. The normalized spacial score (nSPS) is 14.9. The van der Waals surface area contributed by atoms with Crippen molar-refractivity contribution in [2.75, 3.05) is 0 Å². The number of hydrogen-bond acceptors (Lipinski definition) is 4. The molecule has 0 saturated carbocycles. The molecule has 0 N–H and O–H groups in total. The Morgan fingerprint density at radius 1 is 0.345 bits per heavy atom. The predicted octanol–water partition coefficient (Wildman–Crippen LogP) is 6.94. The molecule has 29 heavy (non-hydrogen) atoms. The summed E-state index contributed by atoms with van der Waals surface area (Å²) in [7, 11) is -3.30. The van der Waals surface area contributed by atoms with Crippen LogP contribution < -0.4 is 18.1 Å². The Morgan fingerprint density at radius 3 is 0.862 bits per heavy atom. The van der Waals surface area contributed by atoms with Gasteiger partial charge in [0.2, 0.25) is 0 Å². The average Bonchev–Trinajstić information content (AvgIpc) is 2.97. The molecule has 1 spiro atoms. The van der Waals surface area contributed by atoms with Gasteiger partial charge in [0.05, 0.1) is 0 Å². The summed E-state index contributed by atoms with van der Waals surface area (Å²) in [6.07, 6.45) is 0. The summed E-state index contributed by atoms with van der Waals surface area (Å²) in [6, 6.07) is 31.4. The summed E-state index contributed by atoms with van der Waals surface area (Å²) in [5.74, 6) is 2.68. The number of benzene rings is 4. The van der Waals surface area contributed by atoms with E-state index in [1.165, 1.54) is 0 Å². The van der Waals surface area contributed by atoms with Gasteiger partial charge in [-0.15, -0.1) is 0 Å². The maximum atomic E-state index is 6.41. The first-order valence-corrected chi connectivity index (χ1v) is 10.8. The smallest absolute Gasteiger partial charge is 0.240 e. The maximum absolute atomic E-state index is 6.41. The number of hydrogen-bond donors (Lipinski definition) is 0. The molecule has 0 aromatic heterocycles. The highest BCUT2D eigenvalue weighted by Crippen LogP contribution is 2.67. The zero-order valence-electron chi connectivity index (χ0n) is 15.3. The van der Waals surface area contributed by atoms with E-state index in [1.807, 2.05) is 97.1 Å². The fourth-order valence-corrected chi connectivity index (χ4v) is 5.49. The molecule has 0 atom stereocenters. The maximum Gasteiger partial charge on any atom is 0.766 e. The van der Waals surface area contributed by atoms with Crippen LogP contribution in [0.2, 0.25) is 0 Å². The molecular formula is C24H16O4P+. The number of rotatable bonds is 0. The van der Waals surface area contributed by atoms with Crippen molar-refractivity contribution in [2.45, 2.75) is 0 Å². The highest BCUT2D eigenvalue weighted by molar-refractivity contribution is 7.58. The number of para-hydroxylation sites is 4. The van der Waals surface area contributed by atoms with E-state index in [0.717, 1.165) is 22.3 Å². The second kappa shape index (κ2) is 6.26. The summed E-state index contributed by atoms with van der Waals surface area (Å²) in [4.78, 5) is 0. The van der Waals surface area contributed by atoms with E-state index in [-0.39, 0.29) is 0 Å². The van der Waals surface area contributed by atoms with E-state index in [0.29, 0.717) is 23.0 Å². The molecule has 0 amide bonds. The molecule has 0 bridgehead atoms. The first-order chi connectivity index (χ1) is 14.3. The molecule has 5 heteroatoms. The molecule has 4 aromatic rings. The zero-order valence-corrected chi connectivity index (χ0v) is 16.2. The van der Waals surface area contributed by atoms with Crippen molar-refractivity contribution in [2.24, 2.45) is 0 Å². The third-order valence-electron chi connectivity index (χ3n) is 4.97. The topological polar surface area (TPSA) is 36.9 Å². The SMILES string of the molecule is c1ccc2c(c1)O[P+]1(Oc3ccccc3-2)Oc2ccccc2-c2ccccc2O1. The first-order valence-electron chi connectivity index (χ1n) is 9.36. The summed E-state index contributed by atoms with van der Waals surface area (Å²) in [5.41, 5.74) is 3.77. The fraction of sp³-hybridized carbons (Fsp3) is 0. The monoisotopic (exact) mass is 399 g/mol. The lowest BCUT2D eigenvalue weighted by molar-refractivity contribution is 0.270. The molecule has 2 aliphatic heterocycles. The minimum Gasteiger partial charge on any atom is -0.240 e. The molecule has 6 rings (SSSR count). The summed E-state index contributed by atoms with van der Waals surface area (Å²) in [6.45, 7) is 0. The molecule has 0 unspecified atom stereocenters. The fourth-order valence-electron chi connectivity index (χ4n) is 3.67. The highest BCUT2D eigenvalue weighted by Gasteiger charge is 2.60. The van der Waals surface area contributed by atoms with E-state index in [4.69, 9.17) is 18.1 Å². The van der Waals surface area contributed by atoms with Crippen LogP contribution in [-0.2, 0) is 0 Å². The second-order valence-electron chi connectivity index (χ2n) is 6.80. The Morgan fingerprint density at radius 2 is 0.586 bits per heavy atom. The van der Waals surface area contributed by atoms with Crippen molar-refractivity contribution in [1.82, 2.24) is 0 Å².